The number of oxime groups is 1. The number of carbonyl (C=O) groups is 1. The van der Waals surface area contributed by atoms with Gasteiger partial charge in [0, 0.05) is 18.5 Å². The standard InChI is InChI=1S/C19H16F3N3O2/c1-27-24-15-9-10-25-16-13(15)3-2-4-14(16)18(26)23-17(25)11-5-7-12(8-6-11)19(20,21)22/h2-8,17H,9-10H2,1H3,(H,23,26)/b24-15-. The van der Waals surface area contributed by atoms with Gasteiger partial charge in [-0.25, -0.2) is 0 Å². The van der Waals surface area contributed by atoms with Gasteiger partial charge in [0.15, 0.2) is 0 Å². The first-order valence-electron chi connectivity index (χ1n) is 8.38. The minimum Gasteiger partial charge on any atom is -0.399 e. The van der Waals surface area contributed by atoms with Gasteiger partial charge in [-0.05, 0) is 23.8 Å². The molecule has 140 valence electrons. The molecule has 0 saturated heterocycles. The normalized spacial score (nSPS) is 20.3. The quantitative estimate of drug-likeness (QED) is 0.815. The largest absolute Gasteiger partial charge is 0.416 e. The maximum Gasteiger partial charge on any atom is 0.416 e. The van der Waals surface area contributed by atoms with Gasteiger partial charge in [-0.1, -0.05) is 29.4 Å². The van der Waals surface area contributed by atoms with Crippen molar-refractivity contribution < 1.29 is 22.8 Å². The molecule has 0 spiro atoms. The van der Waals surface area contributed by atoms with E-state index in [2.05, 4.69) is 10.5 Å². The van der Waals surface area contributed by atoms with Crippen molar-refractivity contribution in [1.82, 2.24) is 5.32 Å². The van der Waals surface area contributed by atoms with Gasteiger partial charge >= 0.3 is 6.18 Å². The third-order valence-electron chi connectivity index (χ3n) is 4.80. The van der Waals surface area contributed by atoms with E-state index in [1.165, 1.54) is 19.2 Å². The van der Waals surface area contributed by atoms with E-state index in [9.17, 15) is 18.0 Å². The maximum atomic E-state index is 12.8. The number of carbonyl (C=O) groups excluding carboxylic acids is 1. The molecule has 2 aromatic carbocycles. The molecule has 2 aromatic rings. The number of alkyl halides is 3. The summed E-state index contributed by atoms with van der Waals surface area (Å²) in [5, 5.41) is 6.94. The first-order chi connectivity index (χ1) is 12.9. The van der Waals surface area contributed by atoms with Crippen LogP contribution in [0.5, 0.6) is 0 Å². The molecule has 4 rings (SSSR count). The molecule has 2 aliphatic rings. The zero-order valence-corrected chi connectivity index (χ0v) is 14.4. The van der Waals surface area contributed by atoms with E-state index >= 15 is 0 Å². The Labute approximate surface area is 153 Å². The molecule has 1 atom stereocenters. The minimum absolute atomic E-state index is 0.272. The van der Waals surface area contributed by atoms with Gasteiger partial charge in [0.2, 0.25) is 0 Å². The molecule has 8 heteroatoms. The van der Waals surface area contributed by atoms with Crippen LogP contribution < -0.4 is 10.2 Å². The lowest BCUT2D eigenvalue weighted by molar-refractivity contribution is -0.137. The summed E-state index contributed by atoms with van der Waals surface area (Å²) in [7, 11) is 1.46. The van der Waals surface area contributed by atoms with E-state index in [1.807, 2.05) is 11.0 Å². The highest BCUT2D eigenvalue weighted by atomic mass is 19.4. The molecule has 5 nitrogen and oxygen atoms in total. The molecule has 0 fully saturated rings. The first-order valence-corrected chi connectivity index (χ1v) is 8.38. The van der Waals surface area contributed by atoms with Gasteiger partial charge in [-0.3, -0.25) is 4.79 Å². The van der Waals surface area contributed by atoms with Gasteiger partial charge in [-0.2, -0.15) is 13.2 Å². The predicted molar refractivity (Wildman–Crippen MR) is 93.6 cm³/mol. The molecule has 0 aromatic heterocycles. The van der Waals surface area contributed by atoms with E-state index in [0.29, 0.717) is 24.1 Å². The second-order valence-electron chi connectivity index (χ2n) is 6.36. The van der Waals surface area contributed by atoms with Crippen LogP contribution in [-0.4, -0.2) is 25.3 Å². The first kappa shape index (κ1) is 17.4. The molecule has 27 heavy (non-hydrogen) atoms. The minimum atomic E-state index is -4.40. The Bertz CT molecular complexity index is 923. The number of hydrogen-bond acceptors (Lipinski definition) is 4. The fourth-order valence-corrected chi connectivity index (χ4v) is 3.60. The van der Waals surface area contributed by atoms with Gasteiger partial charge in [0.25, 0.3) is 5.91 Å². The van der Waals surface area contributed by atoms with Gasteiger partial charge in [-0.15, -0.1) is 0 Å². The Kier molecular flexibility index (Phi) is 4.05. The number of amides is 1. The average molecular weight is 375 g/mol. The summed E-state index contributed by atoms with van der Waals surface area (Å²) < 4.78 is 38.5. The van der Waals surface area contributed by atoms with Crippen molar-refractivity contribution in [2.75, 3.05) is 18.6 Å². The lowest BCUT2D eigenvalue weighted by atomic mass is 9.92. The van der Waals surface area contributed by atoms with E-state index in [-0.39, 0.29) is 5.91 Å². The van der Waals surface area contributed by atoms with E-state index < -0.39 is 17.9 Å². The average Bonchev–Trinajstić information content (AvgIpc) is 2.65. The Hall–Kier alpha value is -3.03. The summed E-state index contributed by atoms with van der Waals surface area (Å²) in [5.41, 5.74) is 2.65. The number of nitrogens with zero attached hydrogens (tertiary/aromatic N) is 2. The SMILES string of the molecule is CO/N=C1/CCN2c3c(cccc31)C(=O)NC2c1ccc(C(F)(F)F)cc1. The van der Waals surface area contributed by atoms with Crippen molar-refractivity contribution in [3.05, 3.63) is 64.7 Å². The second kappa shape index (κ2) is 6.29. The summed E-state index contributed by atoms with van der Waals surface area (Å²) in [4.78, 5) is 19.5. The Balaban J connectivity index is 1.78. The summed E-state index contributed by atoms with van der Waals surface area (Å²) in [5.74, 6) is -0.272. The van der Waals surface area contributed by atoms with Crippen molar-refractivity contribution in [3.63, 3.8) is 0 Å². The molecular formula is C19H16F3N3O2. The van der Waals surface area contributed by atoms with Crippen LogP contribution >= 0.6 is 0 Å². The second-order valence-corrected chi connectivity index (χ2v) is 6.36. The van der Waals surface area contributed by atoms with Crippen molar-refractivity contribution in [2.45, 2.75) is 18.8 Å². The van der Waals surface area contributed by atoms with Crippen LogP contribution in [0.1, 0.15) is 39.6 Å². The van der Waals surface area contributed by atoms with E-state index in [0.717, 1.165) is 29.1 Å². The van der Waals surface area contributed by atoms with Crippen LogP contribution in [0.2, 0.25) is 0 Å². The monoisotopic (exact) mass is 375 g/mol. The summed E-state index contributed by atoms with van der Waals surface area (Å²) in [6.45, 7) is 0.554. The fourth-order valence-electron chi connectivity index (χ4n) is 3.60. The van der Waals surface area contributed by atoms with E-state index in [1.54, 1.807) is 12.1 Å². The van der Waals surface area contributed by atoms with Crippen LogP contribution in [0.25, 0.3) is 0 Å². The van der Waals surface area contributed by atoms with Crippen LogP contribution in [-0.2, 0) is 11.0 Å². The molecule has 0 bridgehead atoms. The zero-order valence-electron chi connectivity index (χ0n) is 14.4. The number of rotatable bonds is 2. The summed E-state index contributed by atoms with van der Waals surface area (Å²) >= 11 is 0. The Morgan fingerprint density at radius 3 is 2.52 bits per heavy atom. The molecule has 2 heterocycles. The van der Waals surface area contributed by atoms with Crippen molar-refractivity contribution in [2.24, 2.45) is 5.16 Å². The number of halogens is 3. The van der Waals surface area contributed by atoms with Crippen LogP contribution in [0.4, 0.5) is 18.9 Å². The smallest absolute Gasteiger partial charge is 0.399 e. The van der Waals surface area contributed by atoms with E-state index in [4.69, 9.17) is 4.84 Å². The maximum absolute atomic E-state index is 12.8. The highest BCUT2D eigenvalue weighted by molar-refractivity contribution is 6.13. The lowest BCUT2D eigenvalue weighted by Gasteiger charge is -2.43. The number of para-hydroxylation sites is 1. The third-order valence-corrected chi connectivity index (χ3v) is 4.80. The molecular weight excluding hydrogens is 359 g/mol. The summed E-state index contributed by atoms with van der Waals surface area (Å²) in [6, 6.07) is 10.2. The van der Waals surface area contributed by atoms with Crippen LogP contribution in [0.3, 0.4) is 0 Å². The van der Waals surface area contributed by atoms with Crippen LogP contribution in [0.15, 0.2) is 47.6 Å². The molecule has 0 saturated carbocycles. The van der Waals surface area contributed by atoms with Crippen molar-refractivity contribution in [1.29, 1.82) is 0 Å². The van der Waals surface area contributed by atoms with Crippen molar-refractivity contribution in [3.8, 4) is 0 Å². The molecule has 1 unspecified atom stereocenters. The van der Waals surface area contributed by atoms with Crippen molar-refractivity contribution >= 4 is 17.3 Å². The van der Waals surface area contributed by atoms with Gasteiger partial charge in [0.1, 0.15) is 13.3 Å². The number of nitrogens with one attached hydrogen (secondary N) is 1. The lowest BCUT2D eigenvalue weighted by Crippen LogP contribution is -2.49. The molecule has 0 aliphatic carbocycles. The molecule has 1 amide bonds. The number of anilines is 1. The fraction of sp³-hybridized carbons (Fsp3) is 0.263. The van der Waals surface area contributed by atoms with Gasteiger partial charge in [0.05, 0.1) is 22.5 Å². The molecule has 2 aliphatic heterocycles. The molecule has 1 N–H and O–H groups in total. The predicted octanol–water partition coefficient (Wildman–Crippen LogP) is 3.71. The number of hydrogen-bond donors (Lipinski definition) is 1. The van der Waals surface area contributed by atoms with Gasteiger partial charge < -0.3 is 15.1 Å². The van der Waals surface area contributed by atoms with Crippen LogP contribution in [0, 0.1) is 0 Å². The Morgan fingerprint density at radius 1 is 1.15 bits per heavy atom. The third kappa shape index (κ3) is 2.90. The highest BCUT2D eigenvalue weighted by Gasteiger charge is 2.37. The zero-order chi connectivity index (χ0) is 19.2. The highest BCUT2D eigenvalue weighted by Crippen LogP contribution is 2.40. The summed E-state index contributed by atoms with van der Waals surface area (Å²) in [6.07, 6.45) is -4.35. The molecule has 0 radical (unpaired) electrons. The Morgan fingerprint density at radius 2 is 1.85 bits per heavy atom. The number of benzene rings is 2. The topological polar surface area (TPSA) is 53.9 Å².